The molecule has 2 atom stereocenters. The van der Waals surface area contributed by atoms with Gasteiger partial charge in [-0.25, -0.2) is 4.79 Å². The van der Waals surface area contributed by atoms with Gasteiger partial charge in [-0.2, -0.15) is 0 Å². The van der Waals surface area contributed by atoms with Crippen molar-refractivity contribution >= 4 is 6.03 Å². The summed E-state index contributed by atoms with van der Waals surface area (Å²) in [6.07, 6.45) is 10.2. The largest absolute Gasteiger partial charge is 0.334 e. The number of nitrogens with zero attached hydrogens (tertiary/aromatic N) is 3. The van der Waals surface area contributed by atoms with E-state index < -0.39 is 0 Å². The summed E-state index contributed by atoms with van der Waals surface area (Å²) in [4.78, 5) is 20.9. The van der Waals surface area contributed by atoms with E-state index in [1.165, 1.54) is 32.2 Å². The zero-order chi connectivity index (χ0) is 16.9. The number of urea groups is 1. The zero-order valence-corrected chi connectivity index (χ0v) is 14.9. The standard InChI is InChI=1S/C19H30N4O/c1-15(17-7-10-20-11-8-17)22(2)19(24)21-18-9-12-23(14-18)13-16-5-3-4-6-16/h7-8,10-11,15-16,18H,3-6,9,12-14H2,1-2H3,(H,21,24). The molecule has 2 unspecified atom stereocenters. The van der Waals surface area contributed by atoms with E-state index in [0.29, 0.717) is 0 Å². The van der Waals surface area contributed by atoms with Crippen LogP contribution in [0.15, 0.2) is 24.5 Å². The summed E-state index contributed by atoms with van der Waals surface area (Å²) in [5, 5.41) is 3.21. The van der Waals surface area contributed by atoms with Gasteiger partial charge in [-0.3, -0.25) is 4.98 Å². The van der Waals surface area contributed by atoms with Crippen LogP contribution in [0.25, 0.3) is 0 Å². The second-order valence-electron chi connectivity index (χ2n) is 7.41. The quantitative estimate of drug-likeness (QED) is 0.903. The number of nitrogens with one attached hydrogen (secondary N) is 1. The van der Waals surface area contributed by atoms with Crippen LogP contribution in [0.2, 0.25) is 0 Å². The molecule has 1 aliphatic heterocycles. The Labute approximate surface area is 145 Å². The van der Waals surface area contributed by atoms with Crippen LogP contribution in [0.3, 0.4) is 0 Å². The van der Waals surface area contributed by atoms with Crippen molar-refractivity contribution in [2.75, 3.05) is 26.7 Å². The maximum absolute atomic E-state index is 12.5. The van der Waals surface area contributed by atoms with E-state index in [4.69, 9.17) is 0 Å². The van der Waals surface area contributed by atoms with Gasteiger partial charge in [0.1, 0.15) is 0 Å². The summed E-state index contributed by atoms with van der Waals surface area (Å²) < 4.78 is 0. The van der Waals surface area contributed by atoms with E-state index in [-0.39, 0.29) is 18.1 Å². The van der Waals surface area contributed by atoms with Gasteiger partial charge in [-0.1, -0.05) is 12.8 Å². The molecule has 0 bridgehead atoms. The second-order valence-corrected chi connectivity index (χ2v) is 7.41. The van der Waals surface area contributed by atoms with Crippen LogP contribution in [0.1, 0.15) is 50.6 Å². The second kappa shape index (κ2) is 7.97. The molecule has 0 spiro atoms. The molecule has 2 fully saturated rings. The van der Waals surface area contributed by atoms with Crippen LogP contribution < -0.4 is 5.32 Å². The van der Waals surface area contributed by atoms with Gasteiger partial charge in [0.05, 0.1) is 6.04 Å². The molecule has 3 rings (SSSR count). The number of likely N-dealkylation sites (tertiary alicyclic amines) is 1. The monoisotopic (exact) mass is 330 g/mol. The normalized spacial score (nSPS) is 23.3. The van der Waals surface area contributed by atoms with Crippen molar-refractivity contribution in [2.24, 2.45) is 5.92 Å². The fourth-order valence-corrected chi connectivity index (χ4v) is 3.99. The number of amides is 2. The van der Waals surface area contributed by atoms with Gasteiger partial charge in [0.25, 0.3) is 0 Å². The lowest BCUT2D eigenvalue weighted by atomic mass is 10.1. The molecule has 1 aromatic rings. The number of carbonyl (C=O) groups excluding carboxylic acids is 1. The number of hydrogen-bond acceptors (Lipinski definition) is 3. The van der Waals surface area contributed by atoms with Crippen LogP contribution in [0.4, 0.5) is 4.79 Å². The maximum atomic E-state index is 12.5. The van der Waals surface area contributed by atoms with Crippen molar-refractivity contribution in [1.82, 2.24) is 20.1 Å². The Kier molecular flexibility index (Phi) is 5.72. The van der Waals surface area contributed by atoms with Gasteiger partial charge in [0.15, 0.2) is 0 Å². The highest BCUT2D eigenvalue weighted by Gasteiger charge is 2.28. The Hall–Kier alpha value is -1.62. The van der Waals surface area contributed by atoms with Crippen molar-refractivity contribution in [3.05, 3.63) is 30.1 Å². The van der Waals surface area contributed by atoms with Crippen LogP contribution >= 0.6 is 0 Å². The molecule has 1 N–H and O–H groups in total. The molecule has 0 aromatic carbocycles. The summed E-state index contributed by atoms with van der Waals surface area (Å²) in [7, 11) is 1.87. The summed E-state index contributed by atoms with van der Waals surface area (Å²) in [6, 6.07) is 4.28. The van der Waals surface area contributed by atoms with E-state index >= 15 is 0 Å². The molecule has 1 saturated carbocycles. The molecule has 1 aromatic heterocycles. The first-order chi connectivity index (χ1) is 11.6. The fourth-order valence-electron chi connectivity index (χ4n) is 3.99. The first kappa shape index (κ1) is 17.2. The number of hydrogen-bond donors (Lipinski definition) is 1. The third-order valence-electron chi connectivity index (χ3n) is 5.68. The average molecular weight is 330 g/mol. The Bertz CT molecular complexity index is 529. The molecule has 2 heterocycles. The van der Waals surface area contributed by atoms with Gasteiger partial charge >= 0.3 is 6.03 Å². The molecule has 5 heteroatoms. The number of carbonyl (C=O) groups is 1. The number of aromatic nitrogens is 1. The maximum Gasteiger partial charge on any atom is 0.317 e. The molecule has 0 radical (unpaired) electrons. The molecule has 1 aliphatic carbocycles. The fraction of sp³-hybridized carbons (Fsp3) is 0.684. The molecular formula is C19H30N4O. The van der Waals surface area contributed by atoms with Crippen molar-refractivity contribution in [3.8, 4) is 0 Å². The van der Waals surface area contributed by atoms with E-state index in [0.717, 1.165) is 31.0 Å². The van der Waals surface area contributed by atoms with E-state index in [2.05, 4.69) is 22.1 Å². The third-order valence-corrected chi connectivity index (χ3v) is 5.68. The first-order valence-electron chi connectivity index (χ1n) is 9.29. The van der Waals surface area contributed by atoms with Crippen LogP contribution in [0, 0.1) is 5.92 Å². The lowest BCUT2D eigenvalue weighted by molar-refractivity contribution is 0.189. The van der Waals surface area contributed by atoms with Crippen LogP contribution in [-0.4, -0.2) is 53.5 Å². The van der Waals surface area contributed by atoms with Crippen LogP contribution in [-0.2, 0) is 0 Å². The van der Waals surface area contributed by atoms with Gasteiger partial charge in [0.2, 0.25) is 0 Å². The van der Waals surface area contributed by atoms with Gasteiger partial charge in [-0.15, -0.1) is 0 Å². The van der Waals surface area contributed by atoms with Gasteiger partial charge < -0.3 is 15.1 Å². The smallest absolute Gasteiger partial charge is 0.317 e. The Morgan fingerprint density at radius 2 is 2.04 bits per heavy atom. The lowest BCUT2D eigenvalue weighted by Gasteiger charge is -2.27. The third kappa shape index (κ3) is 4.26. The summed E-state index contributed by atoms with van der Waals surface area (Å²) in [6.45, 7) is 5.39. The minimum absolute atomic E-state index is 0.0204. The predicted octanol–water partition coefficient (Wildman–Crippen LogP) is 3.05. The average Bonchev–Trinajstić information content (AvgIpc) is 3.27. The summed E-state index contributed by atoms with van der Waals surface area (Å²) in [5.74, 6) is 0.883. The van der Waals surface area contributed by atoms with Crippen molar-refractivity contribution < 1.29 is 4.79 Å². The SMILES string of the molecule is CC(c1ccncc1)N(C)C(=O)NC1CCN(CC2CCCC2)C1. The van der Waals surface area contributed by atoms with Crippen molar-refractivity contribution in [3.63, 3.8) is 0 Å². The van der Waals surface area contributed by atoms with Gasteiger partial charge in [0, 0.05) is 45.1 Å². The Balaban J connectivity index is 1.46. The molecule has 132 valence electrons. The molecular weight excluding hydrogens is 300 g/mol. The molecule has 24 heavy (non-hydrogen) atoms. The first-order valence-corrected chi connectivity index (χ1v) is 9.29. The predicted molar refractivity (Wildman–Crippen MR) is 95.7 cm³/mol. The number of rotatable bonds is 5. The highest BCUT2D eigenvalue weighted by atomic mass is 16.2. The zero-order valence-electron chi connectivity index (χ0n) is 14.9. The van der Waals surface area contributed by atoms with E-state index in [9.17, 15) is 4.79 Å². The van der Waals surface area contributed by atoms with E-state index in [1.807, 2.05) is 19.2 Å². The topological polar surface area (TPSA) is 48.5 Å². The Morgan fingerprint density at radius 1 is 1.33 bits per heavy atom. The van der Waals surface area contributed by atoms with Crippen molar-refractivity contribution in [2.45, 2.75) is 51.1 Å². The van der Waals surface area contributed by atoms with E-state index in [1.54, 1.807) is 17.3 Å². The van der Waals surface area contributed by atoms with Crippen LogP contribution in [0.5, 0.6) is 0 Å². The molecule has 2 amide bonds. The summed E-state index contributed by atoms with van der Waals surface area (Å²) >= 11 is 0. The Morgan fingerprint density at radius 3 is 2.75 bits per heavy atom. The minimum atomic E-state index is 0.0204. The molecule has 2 aliphatic rings. The lowest BCUT2D eigenvalue weighted by Crippen LogP contribution is -2.45. The minimum Gasteiger partial charge on any atom is -0.334 e. The van der Waals surface area contributed by atoms with Gasteiger partial charge in [-0.05, 0) is 49.8 Å². The molecule has 5 nitrogen and oxygen atoms in total. The molecule has 1 saturated heterocycles. The highest BCUT2D eigenvalue weighted by molar-refractivity contribution is 5.74. The van der Waals surface area contributed by atoms with Crippen molar-refractivity contribution in [1.29, 1.82) is 0 Å². The summed E-state index contributed by atoms with van der Waals surface area (Å²) in [5.41, 5.74) is 1.11. The number of pyridine rings is 1. The highest BCUT2D eigenvalue weighted by Crippen LogP contribution is 2.26.